The third kappa shape index (κ3) is 4.57. The molecule has 6 heteroatoms. The molecule has 1 heterocycles. The molecule has 0 radical (unpaired) electrons. The fourth-order valence-electron chi connectivity index (χ4n) is 3.32. The topological polar surface area (TPSA) is 84.2 Å². The molecule has 28 heavy (non-hydrogen) atoms. The van der Waals surface area contributed by atoms with Crippen molar-refractivity contribution in [2.24, 2.45) is 0 Å². The van der Waals surface area contributed by atoms with Crippen LogP contribution in [0.2, 0.25) is 0 Å². The van der Waals surface area contributed by atoms with Crippen LogP contribution in [-0.2, 0) is 17.6 Å². The fourth-order valence-corrected chi connectivity index (χ4v) is 3.32. The number of nitrogens with one attached hydrogen (secondary N) is 1. The summed E-state index contributed by atoms with van der Waals surface area (Å²) >= 11 is 0. The summed E-state index contributed by atoms with van der Waals surface area (Å²) in [5, 5.41) is 11.9. The molecule has 146 valence electrons. The average Bonchev–Trinajstić information content (AvgIpc) is 3.05. The maximum atomic E-state index is 12.1. The molecule has 0 aliphatic carbocycles. The molecular weight excluding hydrogens is 354 g/mol. The standard InChI is InChI=1S/C22H25N3O3/c1-15(2)25-19-6-4-3-5-18(19)24-20(25)13-14-23-21(26)12-9-16-7-10-17(11-8-16)22(27)28/h3-8,10-11,15H,9,12-14H2,1-2H3,(H,23,26)(H,27,28). The Labute approximate surface area is 164 Å². The lowest BCUT2D eigenvalue weighted by Crippen LogP contribution is -2.26. The van der Waals surface area contributed by atoms with Crippen molar-refractivity contribution in [3.8, 4) is 0 Å². The van der Waals surface area contributed by atoms with Gasteiger partial charge in [0.1, 0.15) is 5.82 Å². The highest BCUT2D eigenvalue weighted by Crippen LogP contribution is 2.21. The van der Waals surface area contributed by atoms with Crippen molar-refractivity contribution in [1.29, 1.82) is 0 Å². The van der Waals surface area contributed by atoms with Crippen molar-refractivity contribution < 1.29 is 14.7 Å². The SMILES string of the molecule is CC(C)n1c(CCNC(=O)CCc2ccc(C(=O)O)cc2)nc2ccccc21. The number of hydrogen-bond acceptors (Lipinski definition) is 3. The molecule has 3 rings (SSSR count). The highest BCUT2D eigenvalue weighted by atomic mass is 16.4. The minimum atomic E-state index is -0.947. The molecule has 0 spiro atoms. The summed E-state index contributed by atoms with van der Waals surface area (Å²) in [5.74, 6) is 0.00647. The van der Waals surface area contributed by atoms with Gasteiger partial charge in [-0.1, -0.05) is 24.3 Å². The Kier molecular flexibility index (Phi) is 6.09. The summed E-state index contributed by atoms with van der Waals surface area (Å²) in [4.78, 5) is 27.7. The smallest absolute Gasteiger partial charge is 0.335 e. The number of carboxylic acids is 1. The largest absolute Gasteiger partial charge is 0.478 e. The van der Waals surface area contributed by atoms with Gasteiger partial charge in [-0.3, -0.25) is 4.79 Å². The quantitative estimate of drug-likeness (QED) is 0.626. The first-order valence-corrected chi connectivity index (χ1v) is 9.50. The van der Waals surface area contributed by atoms with Gasteiger partial charge in [-0.25, -0.2) is 9.78 Å². The Morgan fingerprint density at radius 3 is 2.46 bits per heavy atom. The van der Waals surface area contributed by atoms with Crippen LogP contribution in [0.1, 0.15) is 48.1 Å². The third-order valence-electron chi connectivity index (χ3n) is 4.70. The van der Waals surface area contributed by atoms with Crippen LogP contribution < -0.4 is 5.32 Å². The van der Waals surface area contributed by atoms with E-state index in [0.717, 1.165) is 22.4 Å². The van der Waals surface area contributed by atoms with Gasteiger partial charge < -0.3 is 15.0 Å². The number of carbonyl (C=O) groups is 2. The van der Waals surface area contributed by atoms with Gasteiger partial charge in [0.25, 0.3) is 0 Å². The number of carbonyl (C=O) groups excluding carboxylic acids is 1. The number of hydrogen-bond donors (Lipinski definition) is 2. The Hall–Kier alpha value is -3.15. The van der Waals surface area contributed by atoms with Crippen LogP contribution >= 0.6 is 0 Å². The molecule has 0 bridgehead atoms. The van der Waals surface area contributed by atoms with E-state index in [1.54, 1.807) is 24.3 Å². The second-order valence-corrected chi connectivity index (χ2v) is 7.08. The Bertz CT molecular complexity index is 974. The molecule has 0 atom stereocenters. The van der Waals surface area contributed by atoms with E-state index in [9.17, 15) is 9.59 Å². The minimum absolute atomic E-state index is 0.0190. The number of amides is 1. The minimum Gasteiger partial charge on any atom is -0.478 e. The molecule has 6 nitrogen and oxygen atoms in total. The molecule has 0 aliphatic heterocycles. The predicted molar refractivity (Wildman–Crippen MR) is 109 cm³/mol. The van der Waals surface area contributed by atoms with Crippen LogP contribution in [0.25, 0.3) is 11.0 Å². The second-order valence-electron chi connectivity index (χ2n) is 7.08. The van der Waals surface area contributed by atoms with Crippen molar-refractivity contribution >= 4 is 22.9 Å². The van der Waals surface area contributed by atoms with Crippen LogP contribution in [0, 0.1) is 0 Å². The van der Waals surface area contributed by atoms with Crippen molar-refractivity contribution in [2.75, 3.05) is 6.54 Å². The number of aromatic nitrogens is 2. The average molecular weight is 379 g/mol. The van der Waals surface area contributed by atoms with Crippen LogP contribution in [0.3, 0.4) is 0 Å². The lowest BCUT2D eigenvalue weighted by Gasteiger charge is -2.13. The Balaban J connectivity index is 1.52. The number of benzene rings is 2. The molecule has 0 aliphatic rings. The summed E-state index contributed by atoms with van der Waals surface area (Å²) in [5.41, 5.74) is 3.29. The van der Waals surface area contributed by atoms with E-state index in [4.69, 9.17) is 10.1 Å². The highest BCUT2D eigenvalue weighted by Gasteiger charge is 2.13. The molecule has 0 fully saturated rings. The van der Waals surface area contributed by atoms with Crippen molar-refractivity contribution in [2.45, 2.75) is 39.2 Å². The second kappa shape index (κ2) is 8.69. The number of aryl methyl sites for hydroxylation is 1. The normalized spacial score (nSPS) is 11.1. The summed E-state index contributed by atoms with van der Waals surface area (Å²) < 4.78 is 2.21. The Morgan fingerprint density at radius 1 is 1.07 bits per heavy atom. The summed E-state index contributed by atoms with van der Waals surface area (Å²) in [6.45, 7) is 4.80. The van der Waals surface area contributed by atoms with E-state index < -0.39 is 5.97 Å². The molecule has 0 saturated heterocycles. The van der Waals surface area contributed by atoms with Gasteiger partial charge in [0, 0.05) is 25.4 Å². The summed E-state index contributed by atoms with van der Waals surface area (Å²) in [6.07, 6.45) is 1.62. The summed E-state index contributed by atoms with van der Waals surface area (Å²) in [7, 11) is 0. The first kappa shape index (κ1) is 19.6. The maximum Gasteiger partial charge on any atom is 0.335 e. The fraction of sp³-hybridized carbons (Fsp3) is 0.318. The van der Waals surface area contributed by atoms with Crippen molar-refractivity contribution in [3.05, 3.63) is 65.5 Å². The van der Waals surface area contributed by atoms with E-state index in [1.807, 2.05) is 18.2 Å². The van der Waals surface area contributed by atoms with Crippen LogP contribution in [-0.4, -0.2) is 33.1 Å². The van der Waals surface area contributed by atoms with Crippen LogP contribution in [0.15, 0.2) is 48.5 Å². The van der Waals surface area contributed by atoms with E-state index in [1.165, 1.54) is 0 Å². The number of aromatic carboxylic acids is 1. The van der Waals surface area contributed by atoms with Crippen molar-refractivity contribution in [3.63, 3.8) is 0 Å². The van der Waals surface area contributed by atoms with Crippen LogP contribution in [0.5, 0.6) is 0 Å². The predicted octanol–water partition coefficient (Wildman–Crippen LogP) is 3.61. The Morgan fingerprint density at radius 2 is 1.79 bits per heavy atom. The lowest BCUT2D eigenvalue weighted by molar-refractivity contribution is -0.121. The first-order valence-electron chi connectivity index (χ1n) is 9.50. The molecule has 3 aromatic rings. The number of para-hydroxylation sites is 2. The lowest BCUT2D eigenvalue weighted by atomic mass is 10.1. The number of fused-ring (bicyclic) bond motifs is 1. The maximum absolute atomic E-state index is 12.1. The number of rotatable bonds is 8. The highest BCUT2D eigenvalue weighted by molar-refractivity contribution is 5.87. The van der Waals surface area contributed by atoms with E-state index in [-0.39, 0.29) is 11.5 Å². The molecule has 0 saturated carbocycles. The monoisotopic (exact) mass is 379 g/mol. The zero-order valence-electron chi connectivity index (χ0n) is 16.2. The van der Waals surface area contributed by atoms with Gasteiger partial charge in [0.2, 0.25) is 5.91 Å². The zero-order valence-corrected chi connectivity index (χ0v) is 16.2. The van der Waals surface area contributed by atoms with Crippen molar-refractivity contribution in [1.82, 2.24) is 14.9 Å². The molecule has 1 amide bonds. The van der Waals surface area contributed by atoms with E-state index in [0.29, 0.717) is 31.8 Å². The molecular formula is C22H25N3O3. The summed E-state index contributed by atoms with van der Waals surface area (Å²) in [6, 6.07) is 15.0. The molecule has 2 aromatic carbocycles. The van der Waals surface area contributed by atoms with E-state index in [2.05, 4.69) is 29.8 Å². The van der Waals surface area contributed by atoms with Gasteiger partial charge in [0.05, 0.1) is 16.6 Å². The number of carboxylic acid groups (broad SMARTS) is 1. The number of nitrogens with zero attached hydrogens (tertiary/aromatic N) is 2. The van der Waals surface area contributed by atoms with Gasteiger partial charge in [-0.2, -0.15) is 0 Å². The van der Waals surface area contributed by atoms with Gasteiger partial charge in [-0.15, -0.1) is 0 Å². The van der Waals surface area contributed by atoms with Gasteiger partial charge in [-0.05, 0) is 50.1 Å². The molecule has 0 unspecified atom stereocenters. The zero-order chi connectivity index (χ0) is 20.1. The molecule has 2 N–H and O–H groups in total. The van der Waals surface area contributed by atoms with Crippen LogP contribution in [0.4, 0.5) is 0 Å². The third-order valence-corrected chi connectivity index (χ3v) is 4.70. The van der Waals surface area contributed by atoms with Gasteiger partial charge >= 0.3 is 5.97 Å². The molecule has 1 aromatic heterocycles. The van der Waals surface area contributed by atoms with E-state index >= 15 is 0 Å². The first-order chi connectivity index (χ1) is 13.5. The number of imidazole rings is 1. The van der Waals surface area contributed by atoms with Gasteiger partial charge in [0.15, 0.2) is 0 Å².